The monoisotopic (exact) mass is 318 g/mol. The highest BCUT2D eigenvalue weighted by molar-refractivity contribution is 4.49. The normalized spacial score (nSPS) is 12.7. The first-order valence-electron chi connectivity index (χ1n) is 9.67. The number of hydrogen-bond acceptors (Lipinski definition) is 2. The zero-order chi connectivity index (χ0) is 16.3. The van der Waals surface area contributed by atoms with E-state index in [4.69, 9.17) is 4.74 Å². The van der Waals surface area contributed by atoms with Crippen molar-refractivity contribution >= 4 is 0 Å². The summed E-state index contributed by atoms with van der Waals surface area (Å²) in [5.74, 6) is 0. The third kappa shape index (κ3) is 17.9. The van der Waals surface area contributed by atoms with E-state index in [1.807, 2.05) is 6.92 Å². The summed E-state index contributed by atoms with van der Waals surface area (Å²) in [5.41, 5.74) is 0. The third-order valence-corrected chi connectivity index (χ3v) is 4.19. The van der Waals surface area contributed by atoms with E-state index in [-0.39, 0.29) is 6.67 Å². The molecule has 0 saturated carbocycles. The van der Waals surface area contributed by atoms with Crippen LogP contribution >= 0.6 is 0 Å². The van der Waals surface area contributed by atoms with E-state index in [9.17, 15) is 9.50 Å². The predicted octanol–water partition coefficient (Wildman–Crippen LogP) is 6.16. The van der Waals surface area contributed by atoms with Crippen molar-refractivity contribution in [2.45, 2.75) is 110 Å². The predicted molar refractivity (Wildman–Crippen MR) is 92.9 cm³/mol. The maximum atomic E-state index is 11.9. The van der Waals surface area contributed by atoms with Crippen LogP contribution in [0.4, 0.5) is 4.39 Å². The number of alkyl halides is 1. The number of aliphatic hydroxyl groups is 1. The van der Waals surface area contributed by atoms with Crippen LogP contribution in [0.15, 0.2) is 0 Å². The van der Waals surface area contributed by atoms with Crippen LogP contribution in [0, 0.1) is 0 Å². The molecular formula is C19H39FO2. The van der Waals surface area contributed by atoms with Gasteiger partial charge in [-0.1, -0.05) is 84.0 Å². The molecule has 0 aromatic carbocycles. The fraction of sp³-hybridized carbons (Fsp3) is 1.00. The van der Waals surface area contributed by atoms with Crippen molar-refractivity contribution in [3.63, 3.8) is 0 Å². The second-order valence-electron chi connectivity index (χ2n) is 6.37. The highest BCUT2D eigenvalue weighted by Crippen LogP contribution is 2.13. The minimum atomic E-state index is -0.566. The molecule has 1 N–H and O–H groups in total. The third-order valence-electron chi connectivity index (χ3n) is 4.19. The molecule has 0 aliphatic rings. The van der Waals surface area contributed by atoms with E-state index in [1.54, 1.807) is 0 Å². The Balaban J connectivity index is 2.97. The number of ether oxygens (including phenoxy) is 1. The molecule has 0 aliphatic heterocycles. The van der Waals surface area contributed by atoms with Gasteiger partial charge in [0, 0.05) is 6.61 Å². The molecule has 0 saturated heterocycles. The number of unbranched alkanes of at least 4 members (excludes halogenated alkanes) is 13. The van der Waals surface area contributed by atoms with Crippen LogP contribution in [-0.4, -0.2) is 24.7 Å². The zero-order valence-corrected chi connectivity index (χ0v) is 14.8. The fourth-order valence-electron chi connectivity index (χ4n) is 2.66. The number of aliphatic hydroxyl groups excluding tert-OH is 1. The first-order valence-corrected chi connectivity index (χ1v) is 9.67. The van der Waals surface area contributed by atoms with E-state index in [1.165, 1.54) is 70.6 Å². The fourth-order valence-corrected chi connectivity index (χ4v) is 2.66. The molecule has 1 atom stereocenters. The standard InChI is InChI=1S/C19H39FO2/c1-2-19(21)22-18-16-14-12-10-8-6-4-3-5-7-9-11-13-15-17-20/h19,21H,2-18H2,1H3. The van der Waals surface area contributed by atoms with Crippen molar-refractivity contribution < 1.29 is 14.2 Å². The van der Waals surface area contributed by atoms with Gasteiger partial charge in [-0.15, -0.1) is 0 Å². The highest BCUT2D eigenvalue weighted by Gasteiger charge is 1.99. The average Bonchev–Trinajstić information content (AvgIpc) is 2.54. The number of halogens is 1. The molecule has 0 fully saturated rings. The summed E-state index contributed by atoms with van der Waals surface area (Å²) >= 11 is 0. The van der Waals surface area contributed by atoms with Crippen LogP contribution in [0.1, 0.15) is 103 Å². The summed E-state index contributed by atoms with van der Waals surface area (Å²) in [6, 6.07) is 0. The molecule has 0 amide bonds. The van der Waals surface area contributed by atoms with E-state index >= 15 is 0 Å². The zero-order valence-electron chi connectivity index (χ0n) is 14.8. The molecule has 22 heavy (non-hydrogen) atoms. The highest BCUT2D eigenvalue weighted by atomic mass is 19.1. The summed E-state index contributed by atoms with van der Waals surface area (Å²) in [5, 5.41) is 9.24. The molecule has 0 aliphatic carbocycles. The van der Waals surface area contributed by atoms with Gasteiger partial charge < -0.3 is 9.84 Å². The summed E-state index contributed by atoms with van der Waals surface area (Å²) in [4.78, 5) is 0. The van der Waals surface area contributed by atoms with Crippen LogP contribution in [0.25, 0.3) is 0 Å². The van der Waals surface area contributed by atoms with Crippen LogP contribution in [0.5, 0.6) is 0 Å². The van der Waals surface area contributed by atoms with Gasteiger partial charge in [0.1, 0.15) is 0 Å². The van der Waals surface area contributed by atoms with Crippen LogP contribution in [-0.2, 0) is 4.74 Å². The van der Waals surface area contributed by atoms with E-state index < -0.39 is 6.29 Å². The Hall–Kier alpha value is -0.150. The Kier molecular flexibility index (Phi) is 18.8. The average molecular weight is 319 g/mol. The molecule has 1 unspecified atom stereocenters. The molecule has 0 radical (unpaired) electrons. The van der Waals surface area contributed by atoms with Gasteiger partial charge in [0.25, 0.3) is 0 Å². The van der Waals surface area contributed by atoms with Gasteiger partial charge in [-0.2, -0.15) is 0 Å². The first kappa shape index (κ1) is 21.9. The summed E-state index contributed by atoms with van der Waals surface area (Å²) in [6.45, 7) is 2.48. The molecule has 0 bridgehead atoms. The lowest BCUT2D eigenvalue weighted by Gasteiger charge is -2.08. The summed E-state index contributed by atoms with van der Waals surface area (Å²) in [6.07, 6.45) is 17.5. The van der Waals surface area contributed by atoms with Gasteiger partial charge in [0.05, 0.1) is 6.67 Å². The van der Waals surface area contributed by atoms with Gasteiger partial charge >= 0.3 is 0 Å². The van der Waals surface area contributed by atoms with Gasteiger partial charge in [-0.05, 0) is 19.3 Å². The molecule has 134 valence electrons. The lowest BCUT2D eigenvalue weighted by Crippen LogP contribution is -2.10. The second-order valence-corrected chi connectivity index (χ2v) is 6.37. The van der Waals surface area contributed by atoms with Crippen molar-refractivity contribution in [2.75, 3.05) is 13.3 Å². The van der Waals surface area contributed by atoms with Crippen LogP contribution in [0.2, 0.25) is 0 Å². The maximum absolute atomic E-state index is 11.9. The van der Waals surface area contributed by atoms with Crippen molar-refractivity contribution in [3.05, 3.63) is 0 Å². The quantitative estimate of drug-likeness (QED) is 0.242. The van der Waals surface area contributed by atoms with E-state index in [0.717, 1.165) is 19.3 Å². The lowest BCUT2D eigenvalue weighted by molar-refractivity contribution is -0.101. The SMILES string of the molecule is CCC(O)OCCCCCCCCCCCCCCCCF. The molecule has 0 heterocycles. The van der Waals surface area contributed by atoms with Crippen LogP contribution in [0.3, 0.4) is 0 Å². The molecule has 0 rings (SSSR count). The van der Waals surface area contributed by atoms with Gasteiger partial charge in [-0.3, -0.25) is 4.39 Å². The largest absolute Gasteiger partial charge is 0.368 e. The number of hydrogen-bond donors (Lipinski definition) is 1. The molecule has 0 spiro atoms. The van der Waals surface area contributed by atoms with Gasteiger partial charge in [0.2, 0.25) is 0 Å². The lowest BCUT2D eigenvalue weighted by atomic mass is 10.0. The van der Waals surface area contributed by atoms with Gasteiger partial charge in [0.15, 0.2) is 6.29 Å². The van der Waals surface area contributed by atoms with Crippen molar-refractivity contribution in [2.24, 2.45) is 0 Å². The molecular weight excluding hydrogens is 279 g/mol. The topological polar surface area (TPSA) is 29.5 Å². The summed E-state index contributed by atoms with van der Waals surface area (Å²) < 4.78 is 17.1. The van der Waals surface area contributed by atoms with Crippen molar-refractivity contribution in [3.8, 4) is 0 Å². The molecule has 2 nitrogen and oxygen atoms in total. The van der Waals surface area contributed by atoms with E-state index in [2.05, 4.69) is 0 Å². The summed E-state index contributed by atoms with van der Waals surface area (Å²) in [7, 11) is 0. The Morgan fingerprint density at radius 3 is 1.41 bits per heavy atom. The van der Waals surface area contributed by atoms with E-state index in [0.29, 0.717) is 13.0 Å². The molecule has 0 aromatic heterocycles. The van der Waals surface area contributed by atoms with Gasteiger partial charge in [-0.25, -0.2) is 0 Å². The molecule has 3 heteroatoms. The minimum Gasteiger partial charge on any atom is -0.368 e. The Morgan fingerprint density at radius 2 is 1.05 bits per heavy atom. The van der Waals surface area contributed by atoms with Crippen LogP contribution < -0.4 is 0 Å². The Labute approximate surface area is 137 Å². The smallest absolute Gasteiger partial charge is 0.154 e. The maximum Gasteiger partial charge on any atom is 0.154 e. The molecule has 0 aromatic rings. The Morgan fingerprint density at radius 1 is 0.682 bits per heavy atom. The first-order chi connectivity index (χ1) is 10.8. The minimum absolute atomic E-state index is 0.145. The number of rotatable bonds is 18. The second kappa shape index (κ2) is 18.9. The van der Waals surface area contributed by atoms with Crippen molar-refractivity contribution in [1.82, 2.24) is 0 Å². The van der Waals surface area contributed by atoms with Crippen molar-refractivity contribution in [1.29, 1.82) is 0 Å². The Bertz CT molecular complexity index is 200.